The molecule has 0 unspecified atom stereocenters. The molecule has 0 amide bonds. The Kier molecular flexibility index (Phi) is 6.85. The summed E-state index contributed by atoms with van der Waals surface area (Å²) in [4.78, 5) is 19.6. The molecular weight excluding hydrogens is 448 g/mol. The van der Waals surface area contributed by atoms with Gasteiger partial charge >= 0.3 is 5.97 Å². The van der Waals surface area contributed by atoms with Gasteiger partial charge in [0.15, 0.2) is 0 Å². The zero-order valence-corrected chi connectivity index (χ0v) is 21.3. The summed E-state index contributed by atoms with van der Waals surface area (Å²) in [5.74, 6) is 1.06. The fraction of sp³-hybridized carbons (Fsp3) is 0.516. The first-order chi connectivity index (χ1) is 17.7. The summed E-state index contributed by atoms with van der Waals surface area (Å²) in [6.45, 7) is 2.70. The van der Waals surface area contributed by atoms with E-state index >= 15 is 0 Å². The van der Waals surface area contributed by atoms with Crippen molar-refractivity contribution in [3.8, 4) is 0 Å². The summed E-state index contributed by atoms with van der Waals surface area (Å²) in [7, 11) is 1.53. The van der Waals surface area contributed by atoms with E-state index in [9.17, 15) is 4.79 Å². The number of aryl methyl sites for hydroxylation is 1. The number of carbonyl (C=O) groups is 1. The lowest BCUT2D eigenvalue weighted by Crippen LogP contribution is -2.53. The number of H-pyrrole nitrogens is 1. The molecule has 3 aliphatic rings. The van der Waals surface area contributed by atoms with Gasteiger partial charge in [0.25, 0.3) is 0 Å². The maximum absolute atomic E-state index is 13.4. The third kappa shape index (κ3) is 4.48. The second-order valence-electron chi connectivity index (χ2n) is 11.0. The van der Waals surface area contributed by atoms with Gasteiger partial charge in [-0.3, -0.25) is 9.69 Å². The normalized spacial score (nSPS) is 29.1. The molecule has 1 aromatic heterocycles. The summed E-state index contributed by atoms with van der Waals surface area (Å²) in [6.07, 6.45) is 7.81. The topological polar surface area (TPSA) is 54.6 Å². The molecular formula is C31H38N2O3. The average molecular weight is 487 g/mol. The predicted molar refractivity (Wildman–Crippen MR) is 142 cm³/mol. The van der Waals surface area contributed by atoms with Crippen molar-refractivity contribution >= 4 is 16.9 Å². The number of para-hydroxylation sites is 1. The number of aromatic nitrogens is 1. The van der Waals surface area contributed by atoms with Gasteiger partial charge in [0, 0.05) is 35.6 Å². The number of hydrogen-bond donors (Lipinski definition) is 1. The SMILES string of the molecule is COC(=O)[C@@H]1C[C@@H]2[C@@H]3CCCC[C@@H]3CO[C@H]2N(Cc2ccccc2)CCCc2c1[nH]c1ccccc21. The molecule has 0 radical (unpaired) electrons. The molecule has 6 rings (SSSR count). The quantitative estimate of drug-likeness (QED) is 0.459. The first-order valence-corrected chi connectivity index (χ1v) is 13.8. The molecule has 1 N–H and O–H groups in total. The Hall–Kier alpha value is -2.63. The van der Waals surface area contributed by atoms with E-state index in [2.05, 4.69) is 64.5 Å². The van der Waals surface area contributed by atoms with Crippen LogP contribution in [0.4, 0.5) is 0 Å². The largest absolute Gasteiger partial charge is 0.469 e. The van der Waals surface area contributed by atoms with E-state index in [0.29, 0.717) is 17.8 Å². The van der Waals surface area contributed by atoms with E-state index < -0.39 is 0 Å². The lowest BCUT2D eigenvalue weighted by atomic mass is 9.67. The highest BCUT2D eigenvalue weighted by molar-refractivity contribution is 5.88. The minimum absolute atomic E-state index is 0.0302. The van der Waals surface area contributed by atoms with Crippen LogP contribution in [-0.4, -0.2) is 42.3 Å². The molecule has 190 valence electrons. The Labute approximate surface area is 214 Å². The number of fused-ring (bicyclic) bond motifs is 6. The van der Waals surface area contributed by atoms with Gasteiger partial charge < -0.3 is 14.5 Å². The van der Waals surface area contributed by atoms with Gasteiger partial charge in [0.1, 0.15) is 6.23 Å². The molecule has 1 saturated heterocycles. The lowest BCUT2D eigenvalue weighted by molar-refractivity contribution is -0.180. The third-order valence-corrected chi connectivity index (χ3v) is 9.01. The summed E-state index contributed by atoms with van der Waals surface area (Å²) in [5.41, 5.74) is 4.79. The number of carbonyl (C=O) groups excluding carboxylic acids is 1. The molecule has 2 fully saturated rings. The number of nitrogens with one attached hydrogen (secondary N) is 1. The van der Waals surface area contributed by atoms with Crippen LogP contribution in [0.3, 0.4) is 0 Å². The Morgan fingerprint density at radius 1 is 1.03 bits per heavy atom. The highest BCUT2D eigenvalue weighted by Gasteiger charge is 2.46. The molecule has 5 atom stereocenters. The van der Waals surface area contributed by atoms with Crippen LogP contribution in [0, 0.1) is 17.8 Å². The van der Waals surface area contributed by atoms with E-state index in [1.165, 1.54) is 49.3 Å². The maximum atomic E-state index is 13.4. The van der Waals surface area contributed by atoms with Crippen LogP contribution in [0.25, 0.3) is 10.9 Å². The Balaban J connectivity index is 1.43. The van der Waals surface area contributed by atoms with Crippen molar-refractivity contribution in [3.63, 3.8) is 0 Å². The smallest absolute Gasteiger partial charge is 0.314 e. The van der Waals surface area contributed by atoms with Crippen molar-refractivity contribution in [2.24, 2.45) is 17.8 Å². The number of esters is 1. The number of ether oxygens (including phenoxy) is 2. The number of benzene rings is 2. The van der Waals surface area contributed by atoms with Gasteiger partial charge in [0.2, 0.25) is 0 Å². The maximum Gasteiger partial charge on any atom is 0.314 e. The minimum Gasteiger partial charge on any atom is -0.469 e. The van der Waals surface area contributed by atoms with Crippen LogP contribution in [0.1, 0.15) is 61.3 Å². The second kappa shape index (κ2) is 10.4. The fourth-order valence-corrected chi connectivity index (χ4v) is 7.34. The summed E-state index contributed by atoms with van der Waals surface area (Å²) < 4.78 is 12.2. The van der Waals surface area contributed by atoms with Crippen molar-refractivity contribution < 1.29 is 14.3 Å². The van der Waals surface area contributed by atoms with E-state index in [-0.39, 0.29) is 18.1 Å². The summed E-state index contributed by atoms with van der Waals surface area (Å²) in [5, 5.41) is 1.24. The van der Waals surface area contributed by atoms with Crippen molar-refractivity contribution in [2.45, 2.75) is 63.6 Å². The van der Waals surface area contributed by atoms with E-state index in [1.807, 2.05) is 0 Å². The summed E-state index contributed by atoms with van der Waals surface area (Å²) in [6, 6.07) is 19.2. The van der Waals surface area contributed by atoms with Crippen molar-refractivity contribution in [1.82, 2.24) is 9.88 Å². The van der Waals surface area contributed by atoms with E-state index in [4.69, 9.17) is 9.47 Å². The molecule has 3 aromatic rings. The van der Waals surface area contributed by atoms with E-state index in [0.717, 1.165) is 50.2 Å². The molecule has 36 heavy (non-hydrogen) atoms. The summed E-state index contributed by atoms with van der Waals surface area (Å²) >= 11 is 0. The van der Waals surface area contributed by atoms with Crippen molar-refractivity contribution in [1.29, 1.82) is 0 Å². The number of methoxy groups -OCH3 is 1. The Morgan fingerprint density at radius 3 is 2.69 bits per heavy atom. The number of rotatable bonds is 3. The number of hydrogen-bond acceptors (Lipinski definition) is 4. The standard InChI is InChI=1S/C31H38N2O3/c1-35-31(34)27-18-26-23-13-6-5-12-22(23)20-36-30(26)33(19-21-10-3-2-4-11-21)17-9-15-25-24-14-7-8-16-28(24)32-29(25)27/h2-4,7-8,10-11,14,16,22-23,26-27,30,32H,5-6,9,12-13,15,17-20H2,1H3/t22-,23-,26-,27-,30-/m1/s1. The molecule has 1 aliphatic carbocycles. The average Bonchev–Trinajstić information content (AvgIpc) is 3.29. The van der Waals surface area contributed by atoms with Crippen LogP contribution >= 0.6 is 0 Å². The minimum atomic E-state index is -0.300. The second-order valence-corrected chi connectivity index (χ2v) is 11.0. The highest BCUT2D eigenvalue weighted by atomic mass is 16.5. The lowest BCUT2D eigenvalue weighted by Gasteiger charge is -2.50. The molecule has 3 heterocycles. The fourth-order valence-electron chi connectivity index (χ4n) is 7.34. The van der Waals surface area contributed by atoms with Crippen LogP contribution in [0.2, 0.25) is 0 Å². The Bertz CT molecular complexity index is 1190. The molecule has 2 aliphatic heterocycles. The van der Waals surface area contributed by atoms with Crippen LogP contribution < -0.4 is 0 Å². The van der Waals surface area contributed by atoms with Crippen molar-refractivity contribution in [2.75, 3.05) is 20.3 Å². The van der Waals surface area contributed by atoms with Crippen LogP contribution in [-0.2, 0) is 27.2 Å². The zero-order chi connectivity index (χ0) is 24.5. The van der Waals surface area contributed by atoms with E-state index in [1.54, 1.807) is 0 Å². The first kappa shape index (κ1) is 23.7. The number of aromatic amines is 1. The molecule has 5 heteroatoms. The van der Waals surface area contributed by atoms with Crippen LogP contribution in [0.15, 0.2) is 54.6 Å². The highest BCUT2D eigenvalue weighted by Crippen LogP contribution is 2.47. The van der Waals surface area contributed by atoms with Gasteiger partial charge in [-0.15, -0.1) is 0 Å². The van der Waals surface area contributed by atoms with Crippen LogP contribution in [0.5, 0.6) is 0 Å². The molecule has 1 saturated carbocycles. The monoisotopic (exact) mass is 486 g/mol. The first-order valence-electron chi connectivity index (χ1n) is 13.8. The predicted octanol–water partition coefficient (Wildman–Crippen LogP) is 6.04. The zero-order valence-electron chi connectivity index (χ0n) is 21.3. The van der Waals surface area contributed by atoms with Gasteiger partial charge in [-0.05, 0) is 61.1 Å². The molecule has 0 spiro atoms. The molecule has 2 aromatic carbocycles. The van der Waals surface area contributed by atoms with Crippen molar-refractivity contribution in [3.05, 3.63) is 71.4 Å². The third-order valence-electron chi connectivity index (χ3n) is 9.01. The van der Waals surface area contributed by atoms with Gasteiger partial charge in [-0.2, -0.15) is 0 Å². The van der Waals surface area contributed by atoms with Gasteiger partial charge in [-0.25, -0.2) is 0 Å². The Morgan fingerprint density at radius 2 is 1.83 bits per heavy atom. The molecule has 5 nitrogen and oxygen atoms in total. The van der Waals surface area contributed by atoms with Gasteiger partial charge in [-0.1, -0.05) is 61.4 Å². The van der Waals surface area contributed by atoms with Gasteiger partial charge in [0.05, 0.1) is 19.6 Å². The molecule has 0 bridgehead atoms. The number of nitrogens with zero attached hydrogens (tertiary/aromatic N) is 1.